The molecule has 0 radical (unpaired) electrons. The molecule has 0 amide bonds. The minimum absolute atomic E-state index is 0.573. The number of ether oxygens (including phenoxy) is 2. The summed E-state index contributed by atoms with van der Waals surface area (Å²) in [6.07, 6.45) is 5.86. The van der Waals surface area contributed by atoms with E-state index in [-0.39, 0.29) is 0 Å². The highest BCUT2D eigenvalue weighted by Crippen LogP contribution is 2.13. The fourth-order valence-electron chi connectivity index (χ4n) is 3.29. The summed E-state index contributed by atoms with van der Waals surface area (Å²) in [5.41, 5.74) is 2.45. The number of nitrogens with zero attached hydrogens (tertiary/aromatic N) is 3. The highest BCUT2D eigenvalue weighted by Gasteiger charge is 2.15. The van der Waals surface area contributed by atoms with Crippen molar-refractivity contribution >= 4 is 5.96 Å². The van der Waals surface area contributed by atoms with Crippen LogP contribution in [0.1, 0.15) is 30.9 Å². The Morgan fingerprint density at radius 1 is 1.28 bits per heavy atom. The number of hydrogen-bond acceptors (Lipinski definition) is 4. The Balaban J connectivity index is 1.43. The van der Waals surface area contributed by atoms with Crippen LogP contribution in [0.15, 0.2) is 47.7 Å². The fraction of sp³-hybridized carbons (Fsp3) is 0.545. The fourth-order valence-corrected chi connectivity index (χ4v) is 3.29. The molecular weight excluding hydrogens is 366 g/mol. The van der Waals surface area contributed by atoms with Crippen LogP contribution in [0.3, 0.4) is 0 Å². The van der Waals surface area contributed by atoms with Gasteiger partial charge < -0.3 is 20.1 Å². The number of rotatable bonds is 11. The molecule has 2 N–H and O–H groups in total. The molecule has 1 unspecified atom stereocenters. The van der Waals surface area contributed by atoms with Crippen molar-refractivity contribution in [1.82, 2.24) is 20.4 Å². The lowest BCUT2D eigenvalue weighted by atomic mass is 10.1. The summed E-state index contributed by atoms with van der Waals surface area (Å²) in [5, 5.41) is 11.0. The summed E-state index contributed by atoms with van der Waals surface area (Å²) in [5.74, 6) is 1.41. The molecule has 1 fully saturated rings. The molecule has 158 valence electrons. The molecule has 29 heavy (non-hydrogen) atoms. The second kappa shape index (κ2) is 12.2. The zero-order valence-corrected chi connectivity index (χ0v) is 17.3. The quantitative estimate of drug-likeness (QED) is 0.345. The Kier molecular flexibility index (Phi) is 9.00. The van der Waals surface area contributed by atoms with Crippen LogP contribution in [0.25, 0.3) is 0 Å². The van der Waals surface area contributed by atoms with Gasteiger partial charge in [-0.05, 0) is 37.0 Å². The first-order chi connectivity index (χ1) is 14.3. The minimum Gasteiger partial charge on any atom is -0.381 e. The van der Waals surface area contributed by atoms with E-state index in [1.54, 1.807) is 6.20 Å². The van der Waals surface area contributed by atoms with E-state index in [4.69, 9.17) is 14.5 Å². The molecular formula is C22H33N5O2. The van der Waals surface area contributed by atoms with Gasteiger partial charge >= 0.3 is 0 Å². The predicted molar refractivity (Wildman–Crippen MR) is 115 cm³/mol. The third-order valence-electron chi connectivity index (χ3n) is 4.90. The smallest absolute Gasteiger partial charge is 0.191 e. The summed E-state index contributed by atoms with van der Waals surface area (Å²) in [7, 11) is 0. The van der Waals surface area contributed by atoms with E-state index in [1.807, 2.05) is 16.9 Å². The first kappa shape index (κ1) is 21.3. The SMILES string of the molecule is CCNC(=NCc1ccccc1Cn1cccn1)NCCCOCC1CCOC1. The molecule has 1 aromatic carbocycles. The second-order valence-electron chi connectivity index (χ2n) is 7.25. The number of aliphatic imine (C=N–C) groups is 1. The summed E-state index contributed by atoms with van der Waals surface area (Å²) >= 11 is 0. The van der Waals surface area contributed by atoms with Crippen molar-refractivity contribution < 1.29 is 9.47 Å². The molecule has 1 atom stereocenters. The number of guanidine groups is 1. The van der Waals surface area contributed by atoms with E-state index in [0.717, 1.165) is 64.9 Å². The molecule has 0 spiro atoms. The Morgan fingerprint density at radius 3 is 2.93 bits per heavy atom. The highest BCUT2D eigenvalue weighted by molar-refractivity contribution is 5.79. The molecule has 0 aliphatic carbocycles. The van der Waals surface area contributed by atoms with Crippen molar-refractivity contribution in [3.8, 4) is 0 Å². The molecule has 7 nitrogen and oxygen atoms in total. The van der Waals surface area contributed by atoms with E-state index >= 15 is 0 Å². The number of benzene rings is 1. The van der Waals surface area contributed by atoms with Crippen molar-refractivity contribution in [1.29, 1.82) is 0 Å². The lowest BCUT2D eigenvalue weighted by Gasteiger charge is -2.13. The van der Waals surface area contributed by atoms with Crippen molar-refractivity contribution in [3.63, 3.8) is 0 Å². The van der Waals surface area contributed by atoms with Gasteiger partial charge in [0.2, 0.25) is 0 Å². The van der Waals surface area contributed by atoms with Crippen LogP contribution in [0, 0.1) is 5.92 Å². The Hall–Kier alpha value is -2.38. The second-order valence-corrected chi connectivity index (χ2v) is 7.25. The van der Waals surface area contributed by atoms with Crippen LogP contribution in [0.4, 0.5) is 0 Å². The molecule has 0 bridgehead atoms. The third kappa shape index (κ3) is 7.51. The summed E-state index contributed by atoms with van der Waals surface area (Å²) in [4.78, 5) is 4.76. The first-order valence-electron chi connectivity index (χ1n) is 10.6. The Morgan fingerprint density at radius 2 is 2.17 bits per heavy atom. The van der Waals surface area contributed by atoms with Gasteiger partial charge in [0.25, 0.3) is 0 Å². The maximum atomic E-state index is 5.77. The maximum Gasteiger partial charge on any atom is 0.191 e. The van der Waals surface area contributed by atoms with Gasteiger partial charge in [-0.25, -0.2) is 4.99 Å². The summed E-state index contributed by atoms with van der Waals surface area (Å²) in [6.45, 7) is 8.42. The lowest BCUT2D eigenvalue weighted by molar-refractivity contribution is 0.0888. The van der Waals surface area contributed by atoms with E-state index in [9.17, 15) is 0 Å². The molecule has 1 aliphatic rings. The van der Waals surface area contributed by atoms with Gasteiger partial charge in [-0.3, -0.25) is 4.68 Å². The van der Waals surface area contributed by atoms with E-state index < -0.39 is 0 Å². The van der Waals surface area contributed by atoms with Crippen molar-refractivity contribution in [2.24, 2.45) is 10.9 Å². The monoisotopic (exact) mass is 399 g/mol. The topological polar surface area (TPSA) is 72.7 Å². The van der Waals surface area contributed by atoms with Crippen LogP contribution in [0.2, 0.25) is 0 Å². The maximum absolute atomic E-state index is 5.77. The van der Waals surface area contributed by atoms with E-state index in [0.29, 0.717) is 12.5 Å². The van der Waals surface area contributed by atoms with Crippen molar-refractivity contribution in [3.05, 3.63) is 53.9 Å². The van der Waals surface area contributed by atoms with Gasteiger partial charge in [0, 0.05) is 44.6 Å². The van der Waals surface area contributed by atoms with Crippen molar-refractivity contribution in [2.75, 3.05) is 39.5 Å². The van der Waals surface area contributed by atoms with Crippen LogP contribution in [-0.2, 0) is 22.6 Å². The molecule has 7 heteroatoms. The third-order valence-corrected chi connectivity index (χ3v) is 4.90. The largest absolute Gasteiger partial charge is 0.381 e. The normalized spacial score (nSPS) is 16.9. The molecule has 1 aliphatic heterocycles. The summed E-state index contributed by atoms with van der Waals surface area (Å²) in [6, 6.07) is 10.3. The molecule has 1 saturated heterocycles. The van der Waals surface area contributed by atoms with E-state index in [1.165, 1.54) is 11.1 Å². The zero-order chi connectivity index (χ0) is 20.2. The highest BCUT2D eigenvalue weighted by atomic mass is 16.5. The van der Waals surface area contributed by atoms with Gasteiger partial charge in [-0.1, -0.05) is 24.3 Å². The lowest BCUT2D eigenvalue weighted by Crippen LogP contribution is -2.38. The minimum atomic E-state index is 0.573. The van der Waals surface area contributed by atoms with Gasteiger partial charge in [-0.2, -0.15) is 5.10 Å². The molecule has 1 aromatic heterocycles. The molecule has 2 heterocycles. The number of nitrogens with one attached hydrogen (secondary N) is 2. The number of hydrogen-bond donors (Lipinski definition) is 2. The molecule has 0 saturated carbocycles. The van der Waals surface area contributed by atoms with Gasteiger partial charge in [0.1, 0.15) is 0 Å². The standard InChI is InChI=1S/C22H33N5O2/c1-2-23-22(24-10-6-13-28-17-19-9-14-29-18-19)25-15-20-7-3-4-8-21(20)16-27-12-5-11-26-27/h3-5,7-8,11-12,19H,2,6,9-10,13-18H2,1H3,(H2,23,24,25). The molecule has 3 rings (SSSR count). The molecule has 2 aromatic rings. The average Bonchev–Trinajstić information content (AvgIpc) is 3.44. The van der Waals surface area contributed by atoms with Gasteiger partial charge in [-0.15, -0.1) is 0 Å². The first-order valence-corrected chi connectivity index (χ1v) is 10.6. The Bertz CT molecular complexity index is 727. The van der Waals surface area contributed by atoms with Crippen molar-refractivity contribution in [2.45, 2.75) is 32.9 Å². The average molecular weight is 400 g/mol. The van der Waals surface area contributed by atoms with Gasteiger partial charge in [0.05, 0.1) is 26.3 Å². The number of aromatic nitrogens is 2. The zero-order valence-electron chi connectivity index (χ0n) is 17.3. The Labute approximate surface area is 173 Å². The van der Waals surface area contributed by atoms with Crippen LogP contribution < -0.4 is 10.6 Å². The van der Waals surface area contributed by atoms with E-state index in [2.05, 4.69) is 46.9 Å². The van der Waals surface area contributed by atoms with Crippen LogP contribution in [0.5, 0.6) is 0 Å². The predicted octanol–water partition coefficient (Wildman–Crippen LogP) is 2.43. The van der Waals surface area contributed by atoms with Crippen LogP contribution >= 0.6 is 0 Å². The summed E-state index contributed by atoms with van der Waals surface area (Å²) < 4.78 is 13.1. The van der Waals surface area contributed by atoms with Crippen LogP contribution in [-0.4, -0.2) is 55.3 Å². The van der Waals surface area contributed by atoms with Gasteiger partial charge in [0.15, 0.2) is 5.96 Å².